The Morgan fingerprint density at radius 3 is 1.86 bits per heavy atom. The molecule has 272 valence electrons. The summed E-state index contributed by atoms with van der Waals surface area (Å²) in [4.78, 5) is 10.6. The summed E-state index contributed by atoms with van der Waals surface area (Å²) in [6.45, 7) is 4.76. The van der Waals surface area contributed by atoms with E-state index in [2.05, 4.69) is 206 Å². The summed E-state index contributed by atoms with van der Waals surface area (Å²) >= 11 is 0. The highest BCUT2D eigenvalue weighted by molar-refractivity contribution is 6.12. The van der Waals surface area contributed by atoms with E-state index in [4.69, 9.17) is 9.97 Å². The Kier molecular flexibility index (Phi) is 6.98. The lowest BCUT2D eigenvalue weighted by atomic mass is 9.81. The maximum absolute atomic E-state index is 5.37. The molecule has 9 aromatic carbocycles. The number of hydrogen-bond acceptors (Lipinski definition) is 2. The molecule has 12 rings (SSSR count). The molecule has 0 saturated carbocycles. The Hall–Kier alpha value is -7.36. The van der Waals surface area contributed by atoms with Crippen molar-refractivity contribution in [2.75, 3.05) is 0 Å². The van der Waals surface area contributed by atoms with Crippen LogP contribution >= 0.6 is 0 Å². The van der Waals surface area contributed by atoms with Gasteiger partial charge in [0.05, 0.1) is 22.2 Å². The lowest BCUT2D eigenvalue weighted by Crippen LogP contribution is -2.15. The maximum Gasteiger partial charge on any atom is 0.160 e. The van der Waals surface area contributed by atoms with Gasteiger partial charge in [-0.1, -0.05) is 141 Å². The zero-order chi connectivity index (χ0) is 38.5. The van der Waals surface area contributed by atoms with Crippen molar-refractivity contribution in [3.8, 4) is 50.6 Å². The lowest BCUT2D eigenvalue weighted by Gasteiger charge is -2.22. The van der Waals surface area contributed by atoms with Gasteiger partial charge in [-0.05, 0) is 116 Å². The third-order valence-corrected chi connectivity index (χ3v) is 12.5. The molecule has 0 spiro atoms. The van der Waals surface area contributed by atoms with Crippen molar-refractivity contribution < 1.29 is 0 Å². The molecule has 58 heavy (non-hydrogen) atoms. The van der Waals surface area contributed by atoms with Crippen LogP contribution in [0.5, 0.6) is 0 Å². The van der Waals surface area contributed by atoms with Crippen LogP contribution in [0.2, 0.25) is 0 Å². The molecule has 2 aromatic heterocycles. The standard InChI is InChI=1S/C55H37N3/c1-55(2)48-31-38-19-9-8-18-37(38)30-45(48)46-32-47-43-20-11-13-23-51(43)58(52(47)33-49(46)55)42-28-40(39-25-24-34-14-6-7-17-36(34)26-39)27-41(29-42)54-56-50-22-12-10-21-44(50)53(57-54)35-15-4-3-5-16-35/h3-33H,1-2H3. The molecule has 0 radical (unpaired) electrons. The van der Waals surface area contributed by atoms with Gasteiger partial charge in [-0.25, -0.2) is 9.97 Å². The van der Waals surface area contributed by atoms with Gasteiger partial charge in [0.1, 0.15) is 0 Å². The molecular weight excluding hydrogens is 703 g/mol. The molecule has 0 saturated heterocycles. The minimum absolute atomic E-state index is 0.172. The van der Waals surface area contributed by atoms with E-state index in [9.17, 15) is 0 Å². The van der Waals surface area contributed by atoms with Gasteiger partial charge in [0.2, 0.25) is 0 Å². The molecule has 0 atom stereocenters. The SMILES string of the molecule is CC1(C)c2cc3ccccc3cc2-c2cc3c4ccccc4n(-c4cc(-c5ccc6ccccc6c5)cc(-c5nc(-c6ccccc6)c6ccccc6n5)c4)c3cc21. The second-order valence-corrected chi connectivity index (χ2v) is 16.2. The van der Waals surface area contributed by atoms with Crippen molar-refractivity contribution in [1.82, 2.24) is 14.5 Å². The van der Waals surface area contributed by atoms with Crippen LogP contribution < -0.4 is 0 Å². The van der Waals surface area contributed by atoms with Crippen molar-refractivity contribution in [3.63, 3.8) is 0 Å². The van der Waals surface area contributed by atoms with Crippen LogP contribution in [0.15, 0.2) is 188 Å². The van der Waals surface area contributed by atoms with Crippen molar-refractivity contribution in [2.45, 2.75) is 19.3 Å². The van der Waals surface area contributed by atoms with E-state index >= 15 is 0 Å². The molecule has 0 unspecified atom stereocenters. The molecule has 0 N–H and O–H groups in total. The molecule has 0 amide bonds. The molecule has 11 aromatic rings. The average Bonchev–Trinajstić information content (AvgIpc) is 3.71. The fraction of sp³-hybridized carbons (Fsp3) is 0.0545. The summed E-state index contributed by atoms with van der Waals surface area (Å²) in [5, 5.41) is 8.51. The zero-order valence-corrected chi connectivity index (χ0v) is 32.2. The Labute approximate surface area is 336 Å². The molecule has 3 nitrogen and oxygen atoms in total. The van der Waals surface area contributed by atoms with Gasteiger partial charge >= 0.3 is 0 Å². The van der Waals surface area contributed by atoms with Crippen LogP contribution in [0.3, 0.4) is 0 Å². The second kappa shape index (κ2) is 12.3. The fourth-order valence-electron chi connectivity index (χ4n) is 9.59. The average molecular weight is 740 g/mol. The van der Waals surface area contributed by atoms with E-state index in [1.165, 1.54) is 65.6 Å². The third kappa shape index (κ3) is 4.93. The summed E-state index contributed by atoms with van der Waals surface area (Å²) < 4.78 is 2.47. The van der Waals surface area contributed by atoms with Gasteiger partial charge in [-0.3, -0.25) is 0 Å². The second-order valence-electron chi connectivity index (χ2n) is 16.2. The molecule has 0 bridgehead atoms. The van der Waals surface area contributed by atoms with Gasteiger partial charge in [-0.2, -0.15) is 0 Å². The lowest BCUT2D eigenvalue weighted by molar-refractivity contribution is 0.662. The van der Waals surface area contributed by atoms with Crippen LogP contribution in [-0.2, 0) is 5.41 Å². The number of benzene rings is 9. The van der Waals surface area contributed by atoms with Crippen molar-refractivity contribution in [3.05, 3.63) is 199 Å². The predicted octanol–water partition coefficient (Wildman–Crippen LogP) is 14.3. The number of fused-ring (bicyclic) bond motifs is 9. The molecule has 0 fully saturated rings. The maximum atomic E-state index is 5.37. The van der Waals surface area contributed by atoms with E-state index in [0.717, 1.165) is 44.5 Å². The van der Waals surface area contributed by atoms with Gasteiger partial charge < -0.3 is 4.57 Å². The number of aromatic nitrogens is 3. The summed E-state index contributed by atoms with van der Waals surface area (Å²) in [6, 6.07) is 68.4. The van der Waals surface area contributed by atoms with Crippen molar-refractivity contribution >= 4 is 54.3 Å². The monoisotopic (exact) mass is 739 g/mol. The van der Waals surface area contributed by atoms with Crippen molar-refractivity contribution in [1.29, 1.82) is 0 Å². The highest BCUT2D eigenvalue weighted by Crippen LogP contribution is 2.52. The number of nitrogens with zero attached hydrogens (tertiary/aromatic N) is 3. The van der Waals surface area contributed by atoms with Crippen LogP contribution in [0, 0.1) is 0 Å². The minimum atomic E-state index is -0.172. The summed E-state index contributed by atoms with van der Waals surface area (Å²) in [6.07, 6.45) is 0. The van der Waals surface area contributed by atoms with Crippen LogP contribution in [0.1, 0.15) is 25.0 Å². The van der Waals surface area contributed by atoms with Gasteiger partial charge in [-0.15, -0.1) is 0 Å². The quantitative estimate of drug-likeness (QED) is 0.180. The number of rotatable bonds is 4. The predicted molar refractivity (Wildman–Crippen MR) is 243 cm³/mol. The molecule has 2 heterocycles. The zero-order valence-electron chi connectivity index (χ0n) is 32.2. The van der Waals surface area contributed by atoms with Gasteiger partial charge in [0, 0.05) is 38.4 Å². The summed E-state index contributed by atoms with van der Waals surface area (Å²) in [7, 11) is 0. The van der Waals surface area contributed by atoms with Crippen molar-refractivity contribution in [2.24, 2.45) is 0 Å². The van der Waals surface area contributed by atoms with Gasteiger partial charge in [0.15, 0.2) is 5.82 Å². The molecule has 0 aliphatic heterocycles. The van der Waals surface area contributed by atoms with E-state index < -0.39 is 0 Å². The summed E-state index contributed by atoms with van der Waals surface area (Å²) in [5.41, 5.74) is 14.8. The minimum Gasteiger partial charge on any atom is -0.309 e. The first-order valence-corrected chi connectivity index (χ1v) is 20.1. The first-order chi connectivity index (χ1) is 28.5. The molecule has 1 aliphatic carbocycles. The highest BCUT2D eigenvalue weighted by atomic mass is 15.0. The Morgan fingerprint density at radius 2 is 1.03 bits per heavy atom. The smallest absolute Gasteiger partial charge is 0.160 e. The number of para-hydroxylation sites is 2. The van der Waals surface area contributed by atoms with E-state index in [0.29, 0.717) is 5.82 Å². The third-order valence-electron chi connectivity index (χ3n) is 12.5. The topological polar surface area (TPSA) is 30.7 Å². The van der Waals surface area contributed by atoms with Crippen LogP contribution in [0.4, 0.5) is 0 Å². The normalized spacial score (nSPS) is 13.1. The Morgan fingerprint density at radius 1 is 0.397 bits per heavy atom. The van der Waals surface area contributed by atoms with E-state index in [-0.39, 0.29) is 5.41 Å². The molecular formula is C55H37N3. The Balaban J connectivity index is 1.14. The largest absolute Gasteiger partial charge is 0.309 e. The first-order valence-electron chi connectivity index (χ1n) is 20.1. The highest BCUT2D eigenvalue weighted by Gasteiger charge is 2.37. The molecule has 3 heteroatoms. The van der Waals surface area contributed by atoms with E-state index in [1.807, 2.05) is 0 Å². The van der Waals surface area contributed by atoms with E-state index in [1.54, 1.807) is 0 Å². The van der Waals surface area contributed by atoms with Crippen LogP contribution in [0.25, 0.3) is 105 Å². The molecule has 1 aliphatic rings. The number of hydrogen-bond donors (Lipinski definition) is 0. The van der Waals surface area contributed by atoms with Crippen LogP contribution in [-0.4, -0.2) is 14.5 Å². The fourth-order valence-corrected chi connectivity index (χ4v) is 9.59. The van der Waals surface area contributed by atoms with Gasteiger partial charge in [0.25, 0.3) is 0 Å². The first kappa shape index (κ1) is 32.8. The Bertz CT molecular complexity index is 3480. The summed E-state index contributed by atoms with van der Waals surface area (Å²) in [5.74, 6) is 0.701.